The lowest BCUT2D eigenvalue weighted by molar-refractivity contribution is -0.192. The Morgan fingerprint density at radius 3 is 2.32 bits per heavy atom. The van der Waals surface area contributed by atoms with Gasteiger partial charge < -0.3 is 15.3 Å². The lowest BCUT2D eigenvalue weighted by Crippen LogP contribution is -2.43. The number of rotatable bonds is 1. The molecule has 1 fully saturated rings. The Balaban J connectivity index is 0.000000224. The van der Waals surface area contributed by atoms with Crippen LogP contribution in [-0.2, 0) is 11.8 Å². The fraction of sp³-hybridized carbons (Fsp3) is 0.600. The van der Waals surface area contributed by atoms with Gasteiger partial charge in [-0.1, -0.05) is 0 Å². The van der Waals surface area contributed by atoms with E-state index in [0.717, 1.165) is 26.2 Å². The van der Waals surface area contributed by atoms with Gasteiger partial charge in [0.15, 0.2) is 0 Å². The molecular weight excluding hydrogens is 265 g/mol. The number of hydrogen-bond donors (Lipinski definition) is 2. The van der Waals surface area contributed by atoms with Crippen LogP contribution in [0, 0.1) is 0 Å². The van der Waals surface area contributed by atoms with E-state index in [2.05, 4.69) is 21.5 Å². The average molecular weight is 280 g/mol. The standard InChI is InChI=1S/C8H14N4.C2HF3O2/c1-11-7-8(6-10-11)12-4-2-9-3-5-12;3-2(4,5)1(6)7/h6-7,9H,2-5H2,1H3;(H,6,7). The molecule has 2 rings (SSSR count). The summed E-state index contributed by atoms with van der Waals surface area (Å²) in [5.74, 6) is -2.76. The Morgan fingerprint density at radius 2 is 1.95 bits per heavy atom. The third-order valence-electron chi connectivity index (χ3n) is 2.42. The highest BCUT2D eigenvalue weighted by atomic mass is 19.4. The van der Waals surface area contributed by atoms with Gasteiger partial charge in [-0.3, -0.25) is 4.68 Å². The van der Waals surface area contributed by atoms with Crippen molar-refractivity contribution in [1.82, 2.24) is 15.1 Å². The molecule has 6 nitrogen and oxygen atoms in total. The van der Waals surface area contributed by atoms with Crippen molar-refractivity contribution in [3.8, 4) is 0 Å². The quantitative estimate of drug-likeness (QED) is 0.782. The molecule has 1 aromatic heterocycles. The van der Waals surface area contributed by atoms with Crippen LogP contribution in [0.4, 0.5) is 18.9 Å². The summed E-state index contributed by atoms with van der Waals surface area (Å²) in [6.07, 6.45) is -1.10. The normalized spacial score (nSPS) is 15.7. The van der Waals surface area contributed by atoms with Crippen LogP contribution in [0.15, 0.2) is 12.4 Å². The fourth-order valence-corrected chi connectivity index (χ4v) is 1.49. The summed E-state index contributed by atoms with van der Waals surface area (Å²) in [4.78, 5) is 11.2. The molecule has 1 saturated heterocycles. The van der Waals surface area contributed by atoms with Gasteiger partial charge in [-0.25, -0.2) is 4.79 Å². The second-order valence-electron chi connectivity index (χ2n) is 3.91. The Bertz CT molecular complexity index is 413. The first-order valence-corrected chi connectivity index (χ1v) is 5.55. The number of piperazine rings is 1. The van der Waals surface area contributed by atoms with Crippen molar-refractivity contribution in [3.05, 3.63) is 12.4 Å². The first-order valence-electron chi connectivity index (χ1n) is 5.55. The molecule has 1 aliphatic heterocycles. The predicted octanol–water partition coefficient (Wildman–Crippen LogP) is 0.463. The highest BCUT2D eigenvalue weighted by Gasteiger charge is 2.38. The van der Waals surface area contributed by atoms with Crippen LogP contribution < -0.4 is 10.2 Å². The number of carbonyl (C=O) groups is 1. The molecule has 1 aromatic rings. The van der Waals surface area contributed by atoms with E-state index < -0.39 is 12.1 Å². The van der Waals surface area contributed by atoms with Gasteiger partial charge in [0.25, 0.3) is 0 Å². The number of nitrogens with one attached hydrogen (secondary N) is 1. The van der Waals surface area contributed by atoms with Crippen LogP contribution >= 0.6 is 0 Å². The predicted molar refractivity (Wildman–Crippen MR) is 62.0 cm³/mol. The number of halogens is 3. The number of anilines is 1. The molecule has 0 saturated carbocycles. The summed E-state index contributed by atoms with van der Waals surface area (Å²) >= 11 is 0. The van der Waals surface area contributed by atoms with Gasteiger partial charge in [-0.15, -0.1) is 0 Å². The Labute approximate surface area is 107 Å². The van der Waals surface area contributed by atoms with Gasteiger partial charge in [-0.2, -0.15) is 18.3 Å². The molecule has 1 aliphatic rings. The highest BCUT2D eigenvalue weighted by Crippen LogP contribution is 2.13. The van der Waals surface area contributed by atoms with Gasteiger partial charge in [0.05, 0.1) is 11.9 Å². The summed E-state index contributed by atoms with van der Waals surface area (Å²) in [6, 6.07) is 0. The number of nitrogens with zero attached hydrogens (tertiary/aromatic N) is 3. The lowest BCUT2D eigenvalue weighted by Gasteiger charge is -2.27. The van der Waals surface area contributed by atoms with Crippen LogP contribution in [-0.4, -0.2) is 53.2 Å². The van der Waals surface area contributed by atoms with Gasteiger partial charge in [0.1, 0.15) is 0 Å². The number of alkyl halides is 3. The van der Waals surface area contributed by atoms with Crippen LogP contribution in [0.3, 0.4) is 0 Å². The van der Waals surface area contributed by atoms with Gasteiger partial charge in [0, 0.05) is 39.4 Å². The molecule has 19 heavy (non-hydrogen) atoms. The van der Waals surface area contributed by atoms with Crippen molar-refractivity contribution in [3.63, 3.8) is 0 Å². The van der Waals surface area contributed by atoms with E-state index in [4.69, 9.17) is 9.90 Å². The Morgan fingerprint density at radius 1 is 1.42 bits per heavy atom. The first kappa shape index (κ1) is 15.3. The molecule has 0 radical (unpaired) electrons. The lowest BCUT2D eigenvalue weighted by atomic mass is 10.3. The van der Waals surface area contributed by atoms with Crippen molar-refractivity contribution in [2.24, 2.45) is 7.05 Å². The first-order chi connectivity index (χ1) is 8.80. The third kappa shape index (κ3) is 5.16. The smallest absolute Gasteiger partial charge is 0.475 e. The molecule has 9 heteroatoms. The van der Waals surface area contributed by atoms with E-state index in [0.29, 0.717) is 0 Å². The second kappa shape index (κ2) is 6.41. The third-order valence-corrected chi connectivity index (χ3v) is 2.42. The van der Waals surface area contributed by atoms with Crippen molar-refractivity contribution in [2.45, 2.75) is 6.18 Å². The zero-order chi connectivity index (χ0) is 14.5. The summed E-state index contributed by atoms with van der Waals surface area (Å²) in [6.45, 7) is 4.33. The van der Waals surface area contributed by atoms with Gasteiger partial charge in [0.2, 0.25) is 0 Å². The SMILES string of the molecule is Cn1cc(N2CCNCC2)cn1.O=C(O)C(F)(F)F. The molecule has 0 unspecified atom stereocenters. The minimum Gasteiger partial charge on any atom is -0.475 e. The van der Waals surface area contributed by atoms with E-state index >= 15 is 0 Å². The Kier molecular flexibility index (Phi) is 5.16. The molecule has 0 amide bonds. The maximum absolute atomic E-state index is 10.6. The average Bonchev–Trinajstić information content (AvgIpc) is 2.77. The molecule has 0 spiro atoms. The summed E-state index contributed by atoms with van der Waals surface area (Å²) < 4.78 is 33.6. The molecule has 2 N–H and O–H groups in total. The number of aliphatic carboxylic acids is 1. The minimum absolute atomic E-state index is 1.08. The Hall–Kier alpha value is -1.77. The summed E-state index contributed by atoms with van der Waals surface area (Å²) in [5, 5.41) is 14.6. The van der Waals surface area contributed by atoms with Crippen molar-refractivity contribution >= 4 is 11.7 Å². The molecule has 0 bridgehead atoms. The molecule has 0 atom stereocenters. The van der Waals surface area contributed by atoms with Gasteiger partial charge in [-0.05, 0) is 0 Å². The van der Waals surface area contributed by atoms with E-state index in [1.54, 1.807) is 0 Å². The van der Waals surface area contributed by atoms with Crippen molar-refractivity contribution in [1.29, 1.82) is 0 Å². The summed E-state index contributed by atoms with van der Waals surface area (Å²) in [5.41, 5.74) is 1.24. The van der Waals surface area contributed by atoms with Gasteiger partial charge >= 0.3 is 12.1 Å². The molecule has 0 aromatic carbocycles. The van der Waals surface area contributed by atoms with Crippen molar-refractivity contribution in [2.75, 3.05) is 31.1 Å². The van der Waals surface area contributed by atoms with Crippen molar-refractivity contribution < 1.29 is 23.1 Å². The topological polar surface area (TPSA) is 70.4 Å². The van der Waals surface area contributed by atoms with E-state index in [9.17, 15) is 13.2 Å². The van der Waals surface area contributed by atoms with E-state index in [1.807, 2.05) is 17.9 Å². The fourth-order valence-electron chi connectivity index (χ4n) is 1.49. The molecule has 0 aliphatic carbocycles. The van der Waals surface area contributed by atoms with Crippen LogP contribution in [0.5, 0.6) is 0 Å². The maximum Gasteiger partial charge on any atom is 0.490 e. The maximum atomic E-state index is 10.6. The largest absolute Gasteiger partial charge is 0.490 e. The zero-order valence-corrected chi connectivity index (χ0v) is 10.3. The highest BCUT2D eigenvalue weighted by molar-refractivity contribution is 5.73. The summed E-state index contributed by atoms with van der Waals surface area (Å²) in [7, 11) is 1.95. The second-order valence-corrected chi connectivity index (χ2v) is 3.91. The number of carboxylic acids is 1. The minimum atomic E-state index is -5.08. The monoisotopic (exact) mass is 280 g/mol. The number of carboxylic acid groups (broad SMARTS) is 1. The molecular formula is C10H15F3N4O2. The number of aryl methyl sites for hydroxylation is 1. The molecule has 108 valence electrons. The number of aromatic nitrogens is 2. The molecule has 2 heterocycles. The zero-order valence-electron chi connectivity index (χ0n) is 10.3. The van der Waals surface area contributed by atoms with Crippen LogP contribution in [0.25, 0.3) is 0 Å². The van der Waals surface area contributed by atoms with Crippen LogP contribution in [0.2, 0.25) is 0 Å². The number of hydrogen-bond acceptors (Lipinski definition) is 4. The van der Waals surface area contributed by atoms with E-state index in [-0.39, 0.29) is 0 Å². The van der Waals surface area contributed by atoms with Crippen LogP contribution in [0.1, 0.15) is 0 Å². The van der Waals surface area contributed by atoms with E-state index in [1.165, 1.54) is 5.69 Å².